The first-order chi connectivity index (χ1) is 6.77. The lowest BCUT2D eigenvalue weighted by Gasteiger charge is -2.01. The first-order valence-electron chi connectivity index (χ1n) is 3.95. The highest BCUT2D eigenvalue weighted by Crippen LogP contribution is 2.12. The van der Waals surface area contributed by atoms with Crippen LogP contribution >= 0.6 is 0 Å². The molecule has 0 N–H and O–H groups in total. The van der Waals surface area contributed by atoms with Gasteiger partial charge in [-0.15, -0.1) is 0 Å². The Kier molecular flexibility index (Phi) is 3.66. The van der Waals surface area contributed by atoms with E-state index in [0.29, 0.717) is 6.29 Å². The van der Waals surface area contributed by atoms with Gasteiger partial charge in [0.05, 0.1) is 6.61 Å². The van der Waals surface area contributed by atoms with E-state index < -0.39 is 5.97 Å². The van der Waals surface area contributed by atoms with Gasteiger partial charge < -0.3 is 13.9 Å². The maximum Gasteiger partial charge on any atom is 0.344 e. The van der Waals surface area contributed by atoms with Crippen LogP contribution < -0.4 is 4.74 Å². The number of esters is 1. The van der Waals surface area contributed by atoms with E-state index in [9.17, 15) is 9.59 Å². The average molecular weight is 199 g/mol. The van der Waals surface area contributed by atoms with Crippen molar-refractivity contribution in [2.24, 2.45) is 0 Å². The summed E-state index contributed by atoms with van der Waals surface area (Å²) in [6.45, 7) is 1.67. The van der Waals surface area contributed by atoms with E-state index in [1.54, 1.807) is 6.92 Å². The zero-order valence-corrected chi connectivity index (χ0v) is 7.56. The molecule has 0 aliphatic rings. The Morgan fingerprint density at radius 1 is 1.71 bits per heavy atom. The first kappa shape index (κ1) is 10.2. The van der Waals surface area contributed by atoms with Crippen molar-refractivity contribution < 1.29 is 23.5 Å². The quantitative estimate of drug-likeness (QED) is 0.505. The fourth-order valence-corrected chi connectivity index (χ4v) is 0.762. The Hall–Kier alpha value is -1.85. The van der Waals surface area contributed by atoms with Gasteiger partial charge in [0.25, 0.3) is 5.88 Å². The van der Waals surface area contributed by atoms with Crippen LogP contribution in [0.15, 0.2) is 10.8 Å². The third-order valence-corrected chi connectivity index (χ3v) is 1.30. The van der Waals surface area contributed by atoms with E-state index in [1.807, 2.05) is 0 Å². The zero-order chi connectivity index (χ0) is 10.4. The normalized spacial score (nSPS) is 9.50. The number of carbonyl (C=O) groups excluding carboxylic acids is 2. The van der Waals surface area contributed by atoms with Gasteiger partial charge >= 0.3 is 5.97 Å². The van der Waals surface area contributed by atoms with Crippen molar-refractivity contribution in [2.45, 2.75) is 6.92 Å². The molecule has 1 rings (SSSR count). The summed E-state index contributed by atoms with van der Waals surface area (Å²) < 4.78 is 14.1. The molecule has 76 valence electrons. The van der Waals surface area contributed by atoms with E-state index in [0.717, 1.165) is 6.39 Å². The molecule has 0 aliphatic carbocycles. The summed E-state index contributed by atoms with van der Waals surface area (Å²) in [4.78, 5) is 24.8. The highest BCUT2D eigenvalue weighted by atomic mass is 16.6. The van der Waals surface area contributed by atoms with Crippen LogP contribution in [0, 0.1) is 0 Å². The number of carbonyl (C=O) groups is 2. The van der Waals surface area contributed by atoms with Crippen LogP contribution in [0.1, 0.15) is 17.5 Å². The molecule has 6 heteroatoms. The Balaban J connectivity index is 2.45. The van der Waals surface area contributed by atoms with Gasteiger partial charge in [0.15, 0.2) is 19.3 Å². The second-order valence-corrected chi connectivity index (χ2v) is 2.23. The summed E-state index contributed by atoms with van der Waals surface area (Å²) in [6, 6.07) is 0. The number of aldehydes is 1. The van der Waals surface area contributed by atoms with Crippen molar-refractivity contribution in [2.75, 3.05) is 13.2 Å². The minimum Gasteiger partial charge on any atom is -0.463 e. The number of aromatic nitrogens is 1. The van der Waals surface area contributed by atoms with Crippen molar-refractivity contribution in [1.29, 1.82) is 0 Å². The summed E-state index contributed by atoms with van der Waals surface area (Å²) >= 11 is 0. The van der Waals surface area contributed by atoms with Crippen LogP contribution in [-0.2, 0) is 9.53 Å². The van der Waals surface area contributed by atoms with E-state index in [4.69, 9.17) is 4.74 Å². The summed E-state index contributed by atoms with van der Waals surface area (Å²) in [7, 11) is 0. The van der Waals surface area contributed by atoms with Gasteiger partial charge in [-0.2, -0.15) is 4.98 Å². The molecule has 0 spiro atoms. The van der Waals surface area contributed by atoms with Crippen LogP contribution in [-0.4, -0.2) is 30.5 Å². The predicted octanol–water partition coefficient (Wildman–Crippen LogP) is 0.429. The highest BCUT2D eigenvalue weighted by Gasteiger charge is 2.10. The monoisotopic (exact) mass is 199 g/mol. The van der Waals surface area contributed by atoms with Gasteiger partial charge in [0.1, 0.15) is 0 Å². The molecule has 0 radical (unpaired) electrons. The van der Waals surface area contributed by atoms with Gasteiger partial charge in [0.2, 0.25) is 5.76 Å². The van der Waals surface area contributed by atoms with Crippen LogP contribution in [0.2, 0.25) is 0 Å². The van der Waals surface area contributed by atoms with Crippen LogP contribution in [0.4, 0.5) is 0 Å². The number of oxazole rings is 1. The standard InChI is InChI=1S/C8H9NO5/c1-2-12-7(11)4-13-8-6(3-10)14-5-9-8/h3,5H,2,4H2,1H3. The van der Waals surface area contributed by atoms with Crippen molar-refractivity contribution in [3.8, 4) is 5.88 Å². The average Bonchev–Trinajstić information content (AvgIpc) is 2.62. The van der Waals surface area contributed by atoms with Crippen LogP contribution in [0.25, 0.3) is 0 Å². The van der Waals surface area contributed by atoms with Gasteiger partial charge in [-0.25, -0.2) is 4.79 Å². The maximum atomic E-state index is 10.8. The summed E-state index contributed by atoms with van der Waals surface area (Å²) in [5.74, 6) is -0.574. The van der Waals surface area contributed by atoms with Crippen molar-refractivity contribution in [1.82, 2.24) is 4.98 Å². The molecule has 1 aromatic rings. The third kappa shape index (κ3) is 2.58. The zero-order valence-electron chi connectivity index (χ0n) is 7.56. The highest BCUT2D eigenvalue weighted by molar-refractivity contribution is 5.74. The lowest BCUT2D eigenvalue weighted by Crippen LogP contribution is -2.15. The number of hydrogen-bond acceptors (Lipinski definition) is 6. The minimum absolute atomic E-state index is 0.00643. The largest absolute Gasteiger partial charge is 0.463 e. The molecule has 0 saturated heterocycles. The Bertz CT molecular complexity index is 319. The van der Waals surface area contributed by atoms with E-state index >= 15 is 0 Å². The summed E-state index contributed by atoms with van der Waals surface area (Å²) in [5, 5.41) is 0. The van der Waals surface area contributed by atoms with Crippen molar-refractivity contribution in [3.63, 3.8) is 0 Å². The molecular weight excluding hydrogens is 190 g/mol. The maximum absolute atomic E-state index is 10.8. The molecular formula is C8H9NO5. The second-order valence-electron chi connectivity index (χ2n) is 2.23. The second kappa shape index (κ2) is 5.00. The molecule has 0 aromatic carbocycles. The minimum atomic E-state index is -0.521. The first-order valence-corrected chi connectivity index (χ1v) is 3.95. The lowest BCUT2D eigenvalue weighted by atomic mass is 10.5. The van der Waals surface area contributed by atoms with Crippen LogP contribution in [0.3, 0.4) is 0 Å². The van der Waals surface area contributed by atoms with E-state index in [-0.39, 0.29) is 24.9 Å². The predicted molar refractivity (Wildman–Crippen MR) is 44.0 cm³/mol. The molecule has 0 bridgehead atoms. The third-order valence-electron chi connectivity index (χ3n) is 1.30. The number of ether oxygens (including phenoxy) is 2. The number of rotatable bonds is 5. The van der Waals surface area contributed by atoms with Crippen LogP contribution in [0.5, 0.6) is 5.88 Å². The molecule has 0 amide bonds. The molecule has 6 nitrogen and oxygen atoms in total. The molecule has 0 fully saturated rings. The lowest BCUT2D eigenvalue weighted by molar-refractivity contribution is -0.145. The fourth-order valence-electron chi connectivity index (χ4n) is 0.762. The Labute approximate surface area is 79.8 Å². The van der Waals surface area contributed by atoms with Gasteiger partial charge in [-0.1, -0.05) is 0 Å². The van der Waals surface area contributed by atoms with Crippen molar-refractivity contribution in [3.05, 3.63) is 12.2 Å². The molecule has 0 saturated carbocycles. The van der Waals surface area contributed by atoms with Gasteiger partial charge in [-0.05, 0) is 6.92 Å². The van der Waals surface area contributed by atoms with E-state index in [2.05, 4.69) is 14.1 Å². The Morgan fingerprint density at radius 2 is 2.50 bits per heavy atom. The van der Waals surface area contributed by atoms with Crippen molar-refractivity contribution >= 4 is 12.3 Å². The summed E-state index contributed by atoms with van der Waals surface area (Å²) in [6.07, 6.45) is 1.51. The SMILES string of the molecule is CCOC(=O)COc1ncoc1C=O. The fraction of sp³-hybridized carbons (Fsp3) is 0.375. The number of nitrogens with zero attached hydrogens (tertiary/aromatic N) is 1. The molecule has 0 aliphatic heterocycles. The van der Waals surface area contributed by atoms with E-state index in [1.165, 1.54) is 0 Å². The molecule has 1 aromatic heterocycles. The number of hydrogen-bond donors (Lipinski definition) is 0. The molecule has 1 heterocycles. The molecule has 0 unspecified atom stereocenters. The van der Waals surface area contributed by atoms with Gasteiger partial charge in [0, 0.05) is 0 Å². The smallest absolute Gasteiger partial charge is 0.344 e. The molecule has 0 atom stereocenters. The molecule has 14 heavy (non-hydrogen) atoms. The summed E-state index contributed by atoms with van der Waals surface area (Å²) in [5.41, 5.74) is 0. The van der Waals surface area contributed by atoms with Gasteiger partial charge in [-0.3, -0.25) is 4.79 Å². The Morgan fingerprint density at radius 3 is 3.14 bits per heavy atom. The topological polar surface area (TPSA) is 78.6 Å².